The van der Waals surface area contributed by atoms with Crippen molar-refractivity contribution in [2.45, 2.75) is 5.24 Å². The highest BCUT2D eigenvalue weighted by molar-refractivity contribution is 6.59. The Hall–Kier alpha value is -3.66. The minimum Gasteiger partial charge on any atom is -0.354 e. The lowest BCUT2D eigenvalue weighted by Crippen LogP contribution is -2.58. The first-order chi connectivity index (χ1) is 16.4. The number of rotatable bonds is 5. The second kappa shape index (κ2) is 8.94. The zero-order valence-corrected chi connectivity index (χ0v) is 18.3. The molecule has 0 unspecified atom stereocenters. The molecule has 5 rings (SSSR count). The maximum absolute atomic E-state index is 12.9. The van der Waals surface area contributed by atoms with Crippen LogP contribution in [0.3, 0.4) is 0 Å². The molecule has 0 aliphatic carbocycles. The van der Waals surface area contributed by atoms with Gasteiger partial charge in [0.05, 0.1) is 41.4 Å². The van der Waals surface area contributed by atoms with Gasteiger partial charge in [-0.3, -0.25) is 14.9 Å². The lowest BCUT2D eigenvalue weighted by atomic mass is 9.48. The van der Waals surface area contributed by atoms with E-state index in [1.165, 1.54) is 0 Å². The zero-order valence-electron chi connectivity index (χ0n) is 18.3. The van der Waals surface area contributed by atoms with E-state index in [1.807, 2.05) is 6.07 Å². The number of amides is 1. The molecule has 4 aromatic heterocycles. The fourth-order valence-electron chi connectivity index (χ4n) is 3.91. The molecule has 0 aromatic carbocycles. The maximum Gasteiger partial charge on any atom is 0.257 e. The second-order valence-corrected chi connectivity index (χ2v) is 8.19. The second-order valence-electron chi connectivity index (χ2n) is 8.19. The quantitative estimate of drug-likeness (QED) is 0.442. The van der Waals surface area contributed by atoms with Crippen molar-refractivity contribution < 1.29 is 4.79 Å². The van der Waals surface area contributed by atoms with E-state index in [2.05, 4.69) is 35.4 Å². The van der Waals surface area contributed by atoms with Crippen molar-refractivity contribution in [3.63, 3.8) is 0 Å². The number of carbonyl (C=O) groups excluding carboxylic acids is 1. The summed E-state index contributed by atoms with van der Waals surface area (Å²) in [7, 11) is 17.3. The third kappa shape index (κ3) is 4.67. The summed E-state index contributed by atoms with van der Waals surface area (Å²) in [5, 5.41) is 9.14. The van der Waals surface area contributed by atoms with Gasteiger partial charge in [0.2, 0.25) is 0 Å². The number of hydrogen-bond acceptors (Lipinski definition) is 7. The zero-order chi connectivity index (χ0) is 23.7. The minimum absolute atomic E-state index is 0.280. The Balaban J connectivity index is 1.31. The number of nitrogens with one attached hydrogen (secondary N) is 2. The van der Waals surface area contributed by atoms with E-state index in [9.17, 15) is 4.79 Å². The van der Waals surface area contributed by atoms with Gasteiger partial charge in [0.25, 0.3) is 5.91 Å². The van der Waals surface area contributed by atoms with Crippen molar-refractivity contribution in [2.75, 3.05) is 36.4 Å². The molecule has 1 amide bonds. The van der Waals surface area contributed by atoms with Crippen LogP contribution < -0.4 is 10.2 Å². The first-order valence-electron chi connectivity index (χ1n) is 10.8. The van der Waals surface area contributed by atoms with Crippen LogP contribution in [0, 0.1) is 0 Å². The molecule has 1 fully saturated rings. The Morgan fingerprint density at radius 2 is 1.79 bits per heavy atom. The molecule has 9 nitrogen and oxygen atoms in total. The van der Waals surface area contributed by atoms with E-state index >= 15 is 0 Å². The van der Waals surface area contributed by atoms with Crippen LogP contribution in [-0.4, -0.2) is 90.9 Å². The fourth-order valence-corrected chi connectivity index (χ4v) is 3.91. The molecule has 0 atom stereocenters. The van der Waals surface area contributed by atoms with E-state index in [-0.39, 0.29) is 5.91 Å². The predicted octanol–water partition coefficient (Wildman–Crippen LogP) is 0.906. The van der Waals surface area contributed by atoms with Gasteiger partial charge in [-0.2, -0.15) is 5.10 Å². The van der Waals surface area contributed by atoms with Gasteiger partial charge in [0, 0.05) is 66.8 Å². The monoisotopic (exact) mass is 444 g/mol. The van der Waals surface area contributed by atoms with Crippen LogP contribution in [0.2, 0.25) is 0 Å². The number of pyridine rings is 3. The number of H-pyrrole nitrogens is 1. The van der Waals surface area contributed by atoms with Gasteiger partial charge in [-0.15, -0.1) is 0 Å². The largest absolute Gasteiger partial charge is 0.354 e. The summed E-state index contributed by atoms with van der Waals surface area (Å²) >= 11 is 0. The van der Waals surface area contributed by atoms with Gasteiger partial charge in [-0.25, -0.2) is 9.97 Å². The van der Waals surface area contributed by atoms with Crippen molar-refractivity contribution in [1.29, 1.82) is 0 Å². The van der Waals surface area contributed by atoms with Crippen LogP contribution in [0.15, 0.2) is 55.2 Å². The number of hydrogen-bond donors (Lipinski definition) is 2. The van der Waals surface area contributed by atoms with E-state index in [0.29, 0.717) is 43.4 Å². The molecule has 1 aliphatic rings. The standard InChI is InChI=1S/C22H19B3N8O/c23-22(24,25)33-5-3-32(4-6-33)20-9-14(1-2-26-20)21(34)31-19-8-15-7-16(17-11-29-30-12-17)10-27-18(15)13-28-19/h1-2,7-13H,3-6H2,(H,29,30)(H,28,31,34). The summed E-state index contributed by atoms with van der Waals surface area (Å²) in [6, 6.07) is 7.20. The van der Waals surface area contributed by atoms with Crippen molar-refractivity contribution in [2.24, 2.45) is 0 Å². The highest BCUT2D eigenvalue weighted by atomic mass is 16.1. The van der Waals surface area contributed by atoms with Gasteiger partial charge in [-0.05, 0) is 24.3 Å². The minimum atomic E-state index is -1.34. The van der Waals surface area contributed by atoms with Crippen LogP contribution in [0.5, 0.6) is 0 Å². The molecule has 2 N–H and O–H groups in total. The predicted molar refractivity (Wildman–Crippen MR) is 133 cm³/mol. The van der Waals surface area contributed by atoms with E-state index in [4.69, 9.17) is 23.5 Å². The molecule has 12 heteroatoms. The number of nitrogens with zero attached hydrogens (tertiary/aromatic N) is 6. The van der Waals surface area contributed by atoms with Crippen molar-refractivity contribution in [1.82, 2.24) is 30.0 Å². The van der Waals surface area contributed by atoms with Crippen LogP contribution in [0.25, 0.3) is 22.0 Å². The van der Waals surface area contributed by atoms with Crippen LogP contribution in [-0.2, 0) is 0 Å². The Labute approximate surface area is 200 Å². The van der Waals surface area contributed by atoms with E-state index < -0.39 is 5.24 Å². The summed E-state index contributed by atoms with van der Waals surface area (Å²) in [4.78, 5) is 30.0. The highest BCUT2D eigenvalue weighted by Crippen LogP contribution is 2.23. The molecule has 162 valence electrons. The van der Waals surface area contributed by atoms with Crippen molar-refractivity contribution in [3.8, 4) is 11.1 Å². The lowest BCUT2D eigenvalue weighted by Gasteiger charge is -2.43. The molecule has 34 heavy (non-hydrogen) atoms. The first-order valence-corrected chi connectivity index (χ1v) is 10.8. The molecule has 1 saturated heterocycles. The Kier molecular flexibility index (Phi) is 5.83. The third-order valence-electron chi connectivity index (χ3n) is 5.80. The highest BCUT2D eigenvalue weighted by Gasteiger charge is 2.25. The van der Waals surface area contributed by atoms with E-state index in [0.717, 1.165) is 22.0 Å². The summed E-state index contributed by atoms with van der Waals surface area (Å²) < 4.78 is 0. The molecule has 6 radical (unpaired) electrons. The lowest BCUT2D eigenvalue weighted by molar-refractivity contribution is 0.102. The number of aromatic nitrogens is 5. The molecular weight excluding hydrogens is 425 g/mol. The molecule has 1 aliphatic heterocycles. The maximum atomic E-state index is 12.9. The number of aromatic amines is 1. The van der Waals surface area contributed by atoms with Crippen LogP contribution >= 0.6 is 0 Å². The molecule has 0 saturated carbocycles. The molecule has 0 bridgehead atoms. The molecule has 5 heterocycles. The average molecular weight is 444 g/mol. The van der Waals surface area contributed by atoms with Crippen molar-refractivity contribution in [3.05, 3.63) is 60.8 Å². The summed E-state index contributed by atoms with van der Waals surface area (Å²) in [5.41, 5.74) is 3.05. The van der Waals surface area contributed by atoms with Gasteiger partial charge in [0.15, 0.2) is 0 Å². The number of fused-ring (bicyclic) bond motifs is 1. The third-order valence-corrected chi connectivity index (χ3v) is 5.80. The summed E-state index contributed by atoms with van der Waals surface area (Å²) in [5.74, 6) is 0.850. The van der Waals surface area contributed by atoms with Crippen LogP contribution in [0.4, 0.5) is 11.6 Å². The number of anilines is 2. The SMILES string of the molecule is [B]C([B])([B])N1CCN(c2cc(C(=O)Nc3cc4cc(-c5cn[nH]c5)cnc4cn3)ccn2)CC1. The topological polar surface area (TPSA) is 103 Å². The summed E-state index contributed by atoms with van der Waals surface area (Å²) in [6.45, 7) is 2.47. The first kappa shape index (κ1) is 22.2. The Morgan fingerprint density at radius 3 is 2.53 bits per heavy atom. The van der Waals surface area contributed by atoms with Crippen molar-refractivity contribution >= 4 is 52.0 Å². The van der Waals surface area contributed by atoms with Gasteiger partial charge >= 0.3 is 0 Å². The fraction of sp³-hybridized carbons (Fsp3) is 0.227. The molecular formula is C22H19B3N8O. The Bertz CT molecular complexity index is 1320. The molecule has 0 spiro atoms. The Morgan fingerprint density at radius 1 is 0.971 bits per heavy atom. The van der Waals surface area contributed by atoms with Gasteiger partial charge in [0.1, 0.15) is 11.6 Å². The number of carbonyl (C=O) groups is 1. The average Bonchev–Trinajstić information content (AvgIpc) is 3.38. The molecule has 4 aromatic rings. The van der Waals surface area contributed by atoms with Crippen LogP contribution in [0.1, 0.15) is 10.4 Å². The normalized spacial score (nSPS) is 14.9. The summed E-state index contributed by atoms with van der Waals surface area (Å²) in [6.07, 6.45) is 8.54. The number of piperazine rings is 1. The van der Waals surface area contributed by atoms with Gasteiger partial charge < -0.3 is 15.1 Å². The van der Waals surface area contributed by atoms with Gasteiger partial charge in [-0.1, -0.05) is 5.24 Å². The van der Waals surface area contributed by atoms with E-state index in [1.54, 1.807) is 54.1 Å². The smallest absolute Gasteiger partial charge is 0.257 e.